The van der Waals surface area contributed by atoms with E-state index in [1.54, 1.807) is 12.4 Å². The van der Waals surface area contributed by atoms with Crippen LogP contribution in [0.5, 0.6) is 0 Å². The van der Waals surface area contributed by atoms with Crippen LogP contribution < -0.4 is 0 Å². The van der Waals surface area contributed by atoms with E-state index in [1.165, 1.54) is 5.56 Å². The number of rotatable bonds is 5. The summed E-state index contributed by atoms with van der Waals surface area (Å²) in [5.41, 5.74) is 1.18. The summed E-state index contributed by atoms with van der Waals surface area (Å²) in [5.74, 6) is 0. The standard InChI is InChI=1S/C14H25NO2Si/c1-14(2,3)18(4,5)17-13(16)7-6-12-8-10-15-11-9-12/h8-11,13,16H,6-7H2,1-5H3. The Morgan fingerprint density at radius 2 is 1.83 bits per heavy atom. The fourth-order valence-electron chi connectivity index (χ4n) is 1.42. The maximum absolute atomic E-state index is 10.0. The third-order valence-electron chi connectivity index (χ3n) is 3.67. The normalized spacial score (nSPS) is 14.6. The molecule has 0 radical (unpaired) electrons. The van der Waals surface area contributed by atoms with Gasteiger partial charge in [-0.05, 0) is 42.2 Å². The van der Waals surface area contributed by atoms with E-state index in [0.717, 1.165) is 6.42 Å². The highest BCUT2D eigenvalue weighted by atomic mass is 28.4. The van der Waals surface area contributed by atoms with E-state index in [-0.39, 0.29) is 5.04 Å². The lowest BCUT2D eigenvalue weighted by Crippen LogP contribution is -2.44. The van der Waals surface area contributed by atoms with Crippen LogP contribution in [0.15, 0.2) is 24.5 Å². The molecule has 3 nitrogen and oxygen atoms in total. The summed E-state index contributed by atoms with van der Waals surface area (Å²) in [6.45, 7) is 10.8. The van der Waals surface area contributed by atoms with Crippen molar-refractivity contribution >= 4 is 8.32 Å². The average molecular weight is 267 g/mol. The van der Waals surface area contributed by atoms with Crippen LogP contribution in [-0.2, 0) is 10.8 Å². The molecule has 1 aromatic rings. The Balaban J connectivity index is 2.45. The van der Waals surface area contributed by atoms with Crippen LogP contribution >= 0.6 is 0 Å². The molecule has 0 aromatic carbocycles. The third-order valence-corrected chi connectivity index (χ3v) is 8.14. The van der Waals surface area contributed by atoms with Crippen LogP contribution in [0.4, 0.5) is 0 Å². The summed E-state index contributed by atoms with van der Waals surface area (Å²) in [7, 11) is -1.87. The van der Waals surface area contributed by atoms with E-state index >= 15 is 0 Å². The summed E-state index contributed by atoms with van der Waals surface area (Å²) in [4.78, 5) is 3.98. The van der Waals surface area contributed by atoms with E-state index in [9.17, 15) is 5.11 Å². The molecule has 18 heavy (non-hydrogen) atoms. The highest BCUT2D eigenvalue weighted by molar-refractivity contribution is 6.74. The Kier molecular flexibility index (Phi) is 5.07. The van der Waals surface area contributed by atoms with Crippen LogP contribution in [0.25, 0.3) is 0 Å². The van der Waals surface area contributed by atoms with Crippen molar-refractivity contribution in [1.82, 2.24) is 4.98 Å². The van der Waals surface area contributed by atoms with Gasteiger partial charge in [-0.15, -0.1) is 0 Å². The molecular formula is C14H25NO2Si. The molecule has 0 spiro atoms. The summed E-state index contributed by atoms with van der Waals surface area (Å²) in [6.07, 6.45) is 4.33. The minimum Gasteiger partial charge on any atom is -0.392 e. The molecule has 1 aromatic heterocycles. The number of nitrogens with zero attached hydrogens (tertiary/aromatic N) is 1. The quantitative estimate of drug-likeness (QED) is 0.657. The van der Waals surface area contributed by atoms with Crippen LogP contribution in [0, 0.1) is 0 Å². The van der Waals surface area contributed by atoms with E-state index in [1.807, 2.05) is 12.1 Å². The number of aliphatic hydroxyl groups is 1. The maximum atomic E-state index is 10.0. The number of aryl methyl sites for hydroxylation is 1. The first-order valence-corrected chi connectivity index (χ1v) is 9.38. The predicted molar refractivity (Wildman–Crippen MR) is 76.8 cm³/mol. The van der Waals surface area contributed by atoms with Gasteiger partial charge in [0, 0.05) is 18.8 Å². The molecule has 102 valence electrons. The topological polar surface area (TPSA) is 42.4 Å². The van der Waals surface area contributed by atoms with Crippen molar-refractivity contribution in [3.8, 4) is 0 Å². The van der Waals surface area contributed by atoms with Crippen molar-refractivity contribution in [1.29, 1.82) is 0 Å². The minimum absolute atomic E-state index is 0.130. The van der Waals surface area contributed by atoms with Crippen molar-refractivity contribution in [3.05, 3.63) is 30.1 Å². The molecule has 0 amide bonds. The highest BCUT2D eigenvalue weighted by Crippen LogP contribution is 2.37. The minimum atomic E-state index is -1.87. The van der Waals surface area contributed by atoms with E-state index in [0.29, 0.717) is 6.42 Å². The molecule has 1 atom stereocenters. The molecule has 0 saturated carbocycles. The molecule has 1 rings (SSSR count). The zero-order valence-corrected chi connectivity index (χ0v) is 13.1. The first-order valence-electron chi connectivity index (χ1n) is 6.47. The lowest BCUT2D eigenvalue weighted by molar-refractivity contribution is -0.0333. The largest absolute Gasteiger partial charge is 0.392 e. The van der Waals surface area contributed by atoms with Gasteiger partial charge in [-0.2, -0.15) is 0 Å². The molecule has 0 aliphatic rings. The van der Waals surface area contributed by atoms with Gasteiger partial charge >= 0.3 is 0 Å². The molecule has 0 aliphatic heterocycles. The number of hydrogen-bond acceptors (Lipinski definition) is 3. The lowest BCUT2D eigenvalue weighted by atomic mass is 10.1. The van der Waals surface area contributed by atoms with E-state index in [2.05, 4.69) is 38.8 Å². The van der Waals surface area contributed by atoms with Gasteiger partial charge in [0.05, 0.1) is 0 Å². The predicted octanol–water partition coefficient (Wildman–Crippen LogP) is 3.35. The summed E-state index contributed by atoms with van der Waals surface area (Å²) >= 11 is 0. The van der Waals surface area contributed by atoms with Crippen LogP contribution in [0.2, 0.25) is 18.1 Å². The second-order valence-corrected chi connectivity index (χ2v) is 11.0. The van der Waals surface area contributed by atoms with Crippen molar-refractivity contribution < 1.29 is 9.53 Å². The molecular weight excluding hydrogens is 242 g/mol. The fourth-order valence-corrected chi connectivity index (χ4v) is 2.57. The van der Waals surface area contributed by atoms with Gasteiger partial charge in [0.1, 0.15) is 6.29 Å². The van der Waals surface area contributed by atoms with Gasteiger partial charge in [0.15, 0.2) is 8.32 Å². The van der Waals surface area contributed by atoms with Gasteiger partial charge < -0.3 is 9.53 Å². The number of pyridine rings is 1. The van der Waals surface area contributed by atoms with Crippen molar-refractivity contribution in [3.63, 3.8) is 0 Å². The van der Waals surface area contributed by atoms with E-state index < -0.39 is 14.6 Å². The Hall–Kier alpha value is -0.713. The molecule has 1 N–H and O–H groups in total. The number of aliphatic hydroxyl groups excluding tert-OH is 1. The zero-order valence-electron chi connectivity index (χ0n) is 12.1. The maximum Gasteiger partial charge on any atom is 0.195 e. The lowest BCUT2D eigenvalue weighted by Gasteiger charge is -2.37. The van der Waals surface area contributed by atoms with E-state index in [4.69, 9.17) is 4.43 Å². The number of aromatic nitrogens is 1. The summed E-state index contributed by atoms with van der Waals surface area (Å²) < 4.78 is 5.90. The summed E-state index contributed by atoms with van der Waals surface area (Å²) in [6, 6.07) is 3.94. The second kappa shape index (κ2) is 5.95. The second-order valence-electron chi connectivity index (χ2n) is 6.23. The molecule has 0 saturated heterocycles. The third kappa shape index (κ3) is 4.52. The molecule has 4 heteroatoms. The average Bonchev–Trinajstić information content (AvgIpc) is 2.26. The van der Waals surface area contributed by atoms with Crippen molar-refractivity contribution in [2.75, 3.05) is 0 Å². The highest BCUT2D eigenvalue weighted by Gasteiger charge is 2.38. The number of hydrogen-bond donors (Lipinski definition) is 1. The monoisotopic (exact) mass is 267 g/mol. The molecule has 0 bridgehead atoms. The zero-order chi connectivity index (χ0) is 13.8. The van der Waals surface area contributed by atoms with Crippen LogP contribution in [0.1, 0.15) is 32.8 Å². The van der Waals surface area contributed by atoms with Crippen LogP contribution in [0.3, 0.4) is 0 Å². The van der Waals surface area contributed by atoms with Gasteiger partial charge in [-0.1, -0.05) is 20.8 Å². The molecule has 1 unspecified atom stereocenters. The van der Waals surface area contributed by atoms with Gasteiger partial charge in [-0.3, -0.25) is 4.98 Å². The van der Waals surface area contributed by atoms with Gasteiger partial charge in [-0.25, -0.2) is 0 Å². The Morgan fingerprint density at radius 3 is 2.33 bits per heavy atom. The first kappa shape index (κ1) is 15.3. The van der Waals surface area contributed by atoms with Gasteiger partial charge in [0.2, 0.25) is 0 Å². The first-order chi connectivity index (χ1) is 8.22. The molecule has 1 heterocycles. The SMILES string of the molecule is CC(C)(C)[Si](C)(C)OC(O)CCc1ccncc1. The van der Waals surface area contributed by atoms with Crippen molar-refractivity contribution in [2.24, 2.45) is 0 Å². The van der Waals surface area contributed by atoms with Crippen LogP contribution in [-0.4, -0.2) is 24.7 Å². The molecule has 0 aliphatic carbocycles. The molecule has 0 fully saturated rings. The Bertz CT molecular complexity index is 360. The van der Waals surface area contributed by atoms with Crippen molar-refractivity contribution in [2.45, 2.75) is 58.0 Å². The van der Waals surface area contributed by atoms with Gasteiger partial charge in [0.25, 0.3) is 0 Å². The Labute approximate surface area is 111 Å². The Morgan fingerprint density at radius 1 is 1.28 bits per heavy atom. The fraction of sp³-hybridized carbons (Fsp3) is 0.643. The summed E-state index contributed by atoms with van der Waals surface area (Å²) in [5, 5.41) is 10.1. The smallest absolute Gasteiger partial charge is 0.195 e.